The number of aromatic nitrogens is 3. The number of nitrogens with one attached hydrogen (secondary N) is 1. The van der Waals surface area contributed by atoms with E-state index in [0.29, 0.717) is 35.9 Å². The molecule has 9 heteroatoms. The number of thiazole rings is 1. The number of aryl methyl sites for hydroxylation is 1. The highest BCUT2D eigenvalue weighted by Crippen LogP contribution is 2.36. The first-order valence-electron chi connectivity index (χ1n) is 10.3. The summed E-state index contributed by atoms with van der Waals surface area (Å²) in [7, 11) is 4.83. The number of anilines is 1. The minimum Gasteiger partial charge on any atom is -0.496 e. The summed E-state index contributed by atoms with van der Waals surface area (Å²) in [5.74, 6) is 1.75. The molecule has 0 unspecified atom stereocenters. The third-order valence-electron chi connectivity index (χ3n) is 5.19. The van der Waals surface area contributed by atoms with E-state index < -0.39 is 0 Å². The smallest absolute Gasteiger partial charge is 0.183 e. The van der Waals surface area contributed by atoms with E-state index in [4.69, 9.17) is 14.2 Å². The fourth-order valence-electron chi connectivity index (χ4n) is 3.50. The fraction of sp³-hybridized carbons (Fsp3) is 0.250. The number of ether oxygens (including phenoxy) is 3. The third kappa shape index (κ3) is 4.93. The van der Waals surface area contributed by atoms with E-state index in [1.165, 1.54) is 17.4 Å². The highest BCUT2D eigenvalue weighted by molar-refractivity contribution is 7.19. The second-order valence-corrected chi connectivity index (χ2v) is 8.29. The van der Waals surface area contributed by atoms with Crippen LogP contribution in [0, 0.1) is 12.7 Å². The van der Waals surface area contributed by atoms with Gasteiger partial charge >= 0.3 is 0 Å². The minimum atomic E-state index is -0.237. The Labute approximate surface area is 195 Å². The molecular formula is C24H25FN4O3S. The SMILES string of the molecule is COc1cc(OC)c(CNc2nc(C)c(-c3ccn(Cc4ccccc4F)n3)s2)c(OC)c1. The Morgan fingerprint density at radius 2 is 1.76 bits per heavy atom. The molecule has 0 aliphatic rings. The summed E-state index contributed by atoms with van der Waals surface area (Å²) < 4.78 is 32.0. The molecule has 33 heavy (non-hydrogen) atoms. The molecule has 0 radical (unpaired) electrons. The van der Waals surface area contributed by atoms with Crippen molar-refractivity contribution < 1.29 is 18.6 Å². The first kappa shape index (κ1) is 22.6. The van der Waals surface area contributed by atoms with Crippen LogP contribution in [0.5, 0.6) is 17.2 Å². The zero-order valence-corrected chi connectivity index (χ0v) is 19.7. The first-order valence-corrected chi connectivity index (χ1v) is 11.1. The van der Waals surface area contributed by atoms with Crippen LogP contribution in [0.15, 0.2) is 48.7 Å². The summed E-state index contributed by atoms with van der Waals surface area (Å²) in [6, 6.07) is 12.3. The summed E-state index contributed by atoms with van der Waals surface area (Å²) in [6.07, 6.45) is 1.85. The predicted octanol–water partition coefficient (Wildman–Crippen LogP) is 5.14. The number of hydrogen-bond acceptors (Lipinski definition) is 7. The maximum Gasteiger partial charge on any atom is 0.183 e. The van der Waals surface area contributed by atoms with Gasteiger partial charge in [0.05, 0.1) is 44.0 Å². The van der Waals surface area contributed by atoms with Crippen LogP contribution in [0.1, 0.15) is 16.8 Å². The zero-order chi connectivity index (χ0) is 23.4. The molecular weight excluding hydrogens is 443 g/mol. The molecule has 172 valence electrons. The zero-order valence-electron chi connectivity index (χ0n) is 18.9. The van der Waals surface area contributed by atoms with Gasteiger partial charge < -0.3 is 19.5 Å². The molecule has 0 spiro atoms. The van der Waals surface area contributed by atoms with Crippen LogP contribution in [0.25, 0.3) is 10.6 Å². The van der Waals surface area contributed by atoms with Gasteiger partial charge in [0.2, 0.25) is 0 Å². The van der Waals surface area contributed by atoms with Gasteiger partial charge in [0.15, 0.2) is 5.13 Å². The lowest BCUT2D eigenvalue weighted by Gasteiger charge is -2.15. The van der Waals surface area contributed by atoms with Crippen molar-refractivity contribution in [3.8, 4) is 27.8 Å². The fourth-order valence-corrected chi connectivity index (χ4v) is 4.42. The molecule has 2 aromatic heterocycles. The second-order valence-electron chi connectivity index (χ2n) is 7.29. The summed E-state index contributed by atoms with van der Waals surface area (Å²) in [5.41, 5.74) is 3.13. The standard InChI is InChI=1S/C24H25FN4O3S/c1-15-23(20-9-10-29(28-20)14-16-7-5-6-8-19(16)25)33-24(27-15)26-13-18-21(31-3)11-17(30-2)12-22(18)32-4/h5-12H,13-14H2,1-4H3,(H,26,27). The van der Waals surface area contributed by atoms with Gasteiger partial charge in [-0.2, -0.15) is 5.10 Å². The van der Waals surface area contributed by atoms with E-state index in [-0.39, 0.29) is 5.82 Å². The molecule has 0 aliphatic heterocycles. The summed E-state index contributed by atoms with van der Waals surface area (Å²) >= 11 is 1.51. The Kier molecular flexibility index (Phi) is 6.79. The molecule has 2 heterocycles. The summed E-state index contributed by atoms with van der Waals surface area (Å²) in [6.45, 7) is 2.78. The number of rotatable bonds is 9. The van der Waals surface area contributed by atoms with E-state index in [2.05, 4.69) is 15.4 Å². The number of nitrogens with zero attached hydrogens (tertiary/aromatic N) is 3. The molecule has 2 aromatic carbocycles. The molecule has 4 rings (SSSR count). The van der Waals surface area contributed by atoms with Crippen LogP contribution < -0.4 is 19.5 Å². The van der Waals surface area contributed by atoms with Crippen molar-refractivity contribution in [2.24, 2.45) is 0 Å². The monoisotopic (exact) mass is 468 g/mol. The van der Waals surface area contributed by atoms with Crippen LogP contribution in [-0.4, -0.2) is 36.1 Å². The van der Waals surface area contributed by atoms with Gasteiger partial charge in [0, 0.05) is 30.4 Å². The number of methoxy groups -OCH3 is 3. The molecule has 4 aromatic rings. The van der Waals surface area contributed by atoms with E-state index in [9.17, 15) is 4.39 Å². The quantitative estimate of drug-likeness (QED) is 0.367. The van der Waals surface area contributed by atoms with Crippen LogP contribution >= 0.6 is 11.3 Å². The molecule has 7 nitrogen and oxygen atoms in total. The Hall–Kier alpha value is -3.59. The molecule has 1 N–H and O–H groups in total. The van der Waals surface area contributed by atoms with Crippen LogP contribution in [0.2, 0.25) is 0 Å². The topological polar surface area (TPSA) is 70.4 Å². The average Bonchev–Trinajstić information content (AvgIpc) is 3.44. The molecule has 0 amide bonds. The maximum atomic E-state index is 14.0. The largest absolute Gasteiger partial charge is 0.496 e. The molecule has 0 saturated heterocycles. The predicted molar refractivity (Wildman–Crippen MR) is 127 cm³/mol. The first-order chi connectivity index (χ1) is 16.0. The molecule has 0 aliphatic carbocycles. The summed E-state index contributed by atoms with van der Waals surface area (Å²) in [5, 5.41) is 8.73. The second kappa shape index (κ2) is 9.91. The van der Waals surface area contributed by atoms with Crippen molar-refractivity contribution in [3.63, 3.8) is 0 Å². The van der Waals surface area contributed by atoms with Crippen LogP contribution in [0.4, 0.5) is 9.52 Å². The number of benzene rings is 2. The van der Waals surface area contributed by atoms with Gasteiger partial charge in [-0.25, -0.2) is 9.37 Å². The number of hydrogen-bond donors (Lipinski definition) is 1. The minimum absolute atomic E-state index is 0.237. The highest BCUT2D eigenvalue weighted by atomic mass is 32.1. The Morgan fingerprint density at radius 1 is 1.03 bits per heavy atom. The van der Waals surface area contributed by atoms with Crippen molar-refractivity contribution in [3.05, 3.63) is 71.3 Å². The Morgan fingerprint density at radius 3 is 2.42 bits per heavy atom. The Bertz CT molecular complexity index is 1230. The third-order valence-corrected chi connectivity index (χ3v) is 6.33. The molecule has 0 bridgehead atoms. The Balaban J connectivity index is 1.51. The van der Waals surface area contributed by atoms with Gasteiger partial charge in [-0.3, -0.25) is 4.68 Å². The molecule has 0 atom stereocenters. The normalized spacial score (nSPS) is 10.8. The van der Waals surface area contributed by atoms with Gasteiger partial charge in [0.25, 0.3) is 0 Å². The van der Waals surface area contributed by atoms with E-state index in [1.54, 1.807) is 38.1 Å². The van der Waals surface area contributed by atoms with Gasteiger partial charge in [-0.05, 0) is 19.1 Å². The van der Waals surface area contributed by atoms with Crippen molar-refractivity contribution in [2.45, 2.75) is 20.0 Å². The van der Waals surface area contributed by atoms with Crippen LogP contribution in [0.3, 0.4) is 0 Å². The van der Waals surface area contributed by atoms with Crippen molar-refractivity contribution in [2.75, 3.05) is 26.6 Å². The molecule has 0 saturated carbocycles. The van der Waals surface area contributed by atoms with Crippen molar-refractivity contribution in [1.29, 1.82) is 0 Å². The number of halogens is 1. The van der Waals surface area contributed by atoms with E-state index in [0.717, 1.165) is 27.0 Å². The molecule has 0 fully saturated rings. The maximum absolute atomic E-state index is 14.0. The average molecular weight is 469 g/mol. The van der Waals surface area contributed by atoms with Crippen molar-refractivity contribution >= 4 is 16.5 Å². The van der Waals surface area contributed by atoms with Crippen molar-refractivity contribution in [1.82, 2.24) is 14.8 Å². The van der Waals surface area contributed by atoms with Gasteiger partial charge in [-0.1, -0.05) is 29.5 Å². The lowest BCUT2D eigenvalue weighted by atomic mass is 10.1. The van der Waals surface area contributed by atoms with E-state index >= 15 is 0 Å². The lowest BCUT2D eigenvalue weighted by Crippen LogP contribution is -2.04. The summed E-state index contributed by atoms with van der Waals surface area (Å²) in [4.78, 5) is 5.60. The van der Waals surface area contributed by atoms with Gasteiger partial charge in [-0.15, -0.1) is 0 Å². The van der Waals surface area contributed by atoms with Gasteiger partial charge in [0.1, 0.15) is 28.8 Å². The van der Waals surface area contributed by atoms with E-state index in [1.807, 2.05) is 37.4 Å². The lowest BCUT2D eigenvalue weighted by molar-refractivity contribution is 0.369. The highest BCUT2D eigenvalue weighted by Gasteiger charge is 2.16. The van der Waals surface area contributed by atoms with Crippen LogP contribution in [-0.2, 0) is 13.1 Å².